The number of nitrogens with zero attached hydrogens (tertiary/aromatic N) is 2. The van der Waals surface area contributed by atoms with Crippen LogP contribution in [0.5, 0.6) is 0 Å². The van der Waals surface area contributed by atoms with Gasteiger partial charge in [-0.2, -0.15) is 5.10 Å². The average Bonchev–Trinajstić information content (AvgIpc) is 3.18. The van der Waals surface area contributed by atoms with Crippen molar-refractivity contribution in [2.45, 2.75) is 71.9 Å². The molecule has 1 aliphatic rings. The van der Waals surface area contributed by atoms with Gasteiger partial charge in [0.1, 0.15) is 6.10 Å². The van der Waals surface area contributed by atoms with E-state index in [0.717, 1.165) is 23.5 Å². The van der Waals surface area contributed by atoms with E-state index in [1.54, 1.807) is 0 Å². The fraction of sp³-hybridized carbons (Fsp3) is 0.478. The van der Waals surface area contributed by atoms with E-state index in [2.05, 4.69) is 63.4 Å². The summed E-state index contributed by atoms with van der Waals surface area (Å²) in [7, 11) is 0. The first-order valence-corrected chi connectivity index (χ1v) is 10.1. The van der Waals surface area contributed by atoms with Gasteiger partial charge in [0, 0.05) is 23.2 Å². The summed E-state index contributed by atoms with van der Waals surface area (Å²) in [5, 5.41) is 7.56. The molecule has 2 unspecified atom stereocenters. The molecule has 3 rings (SSSR count). The zero-order valence-electron chi connectivity index (χ0n) is 17.7. The van der Waals surface area contributed by atoms with Gasteiger partial charge in [0.15, 0.2) is 0 Å². The van der Waals surface area contributed by atoms with E-state index in [-0.39, 0.29) is 24.2 Å². The standard InChI is InChI=1S/C23H31N3O2/c1-14(2)18-7-10-20(11-8-18)26-17(6)22(16(5)25-26)19-9-12-21(13-19)28-23(27)24-15(3)4/h7-12,14-15,19,21H,13H2,1-6H3,(H,24,27). The molecule has 5 heteroatoms. The van der Waals surface area contributed by atoms with Crippen LogP contribution < -0.4 is 5.32 Å². The topological polar surface area (TPSA) is 56.2 Å². The quantitative estimate of drug-likeness (QED) is 0.728. The number of benzene rings is 1. The molecule has 2 aromatic rings. The van der Waals surface area contributed by atoms with Crippen LogP contribution in [0, 0.1) is 13.8 Å². The lowest BCUT2D eigenvalue weighted by molar-refractivity contribution is 0.115. The Labute approximate surface area is 167 Å². The van der Waals surface area contributed by atoms with Crippen molar-refractivity contribution in [2.24, 2.45) is 0 Å². The maximum atomic E-state index is 11.9. The summed E-state index contributed by atoms with van der Waals surface area (Å²) in [6.07, 6.45) is 4.32. The van der Waals surface area contributed by atoms with Gasteiger partial charge in [-0.3, -0.25) is 0 Å². The van der Waals surface area contributed by atoms with Crippen LogP contribution in [-0.2, 0) is 4.74 Å². The Bertz CT molecular complexity index is 863. The Morgan fingerprint density at radius 3 is 2.43 bits per heavy atom. The fourth-order valence-corrected chi connectivity index (χ4v) is 3.82. The monoisotopic (exact) mass is 381 g/mol. The van der Waals surface area contributed by atoms with Crippen LogP contribution in [0.4, 0.5) is 4.79 Å². The van der Waals surface area contributed by atoms with Crippen LogP contribution in [0.2, 0.25) is 0 Å². The van der Waals surface area contributed by atoms with Crippen LogP contribution in [-0.4, -0.2) is 28.0 Å². The molecule has 0 radical (unpaired) electrons. The molecular formula is C23H31N3O2. The number of allylic oxidation sites excluding steroid dienone is 1. The number of carbonyl (C=O) groups excluding carboxylic acids is 1. The smallest absolute Gasteiger partial charge is 0.407 e. The number of hydrogen-bond acceptors (Lipinski definition) is 3. The largest absolute Gasteiger partial charge is 0.442 e. The normalized spacial score (nSPS) is 18.9. The van der Waals surface area contributed by atoms with Crippen molar-refractivity contribution in [2.75, 3.05) is 0 Å². The Balaban J connectivity index is 1.76. The molecule has 0 saturated heterocycles. The molecule has 0 spiro atoms. The highest BCUT2D eigenvalue weighted by Gasteiger charge is 2.28. The second-order valence-corrected chi connectivity index (χ2v) is 8.21. The van der Waals surface area contributed by atoms with Crippen LogP contribution in [0.1, 0.15) is 68.5 Å². The average molecular weight is 382 g/mol. The third-order valence-electron chi connectivity index (χ3n) is 5.23. The van der Waals surface area contributed by atoms with Gasteiger partial charge in [-0.1, -0.05) is 32.1 Å². The van der Waals surface area contributed by atoms with Crippen molar-refractivity contribution in [1.29, 1.82) is 0 Å². The summed E-state index contributed by atoms with van der Waals surface area (Å²) in [5.41, 5.74) is 5.77. The molecule has 150 valence electrons. The molecule has 0 fully saturated rings. The van der Waals surface area contributed by atoms with Crippen molar-refractivity contribution in [3.05, 3.63) is 58.9 Å². The Morgan fingerprint density at radius 1 is 1.14 bits per heavy atom. The number of hydrogen-bond donors (Lipinski definition) is 1. The van der Waals surface area contributed by atoms with Gasteiger partial charge >= 0.3 is 6.09 Å². The van der Waals surface area contributed by atoms with E-state index >= 15 is 0 Å². The maximum absolute atomic E-state index is 11.9. The minimum absolute atomic E-state index is 0.0680. The predicted octanol–water partition coefficient (Wildman–Crippen LogP) is 5.16. The van der Waals surface area contributed by atoms with Crippen LogP contribution in [0.3, 0.4) is 0 Å². The van der Waals surface area contributed by atoms with Crippen molar-refractivity contribution in [3.63, 3.8) is 0 Å². The Hall–Kier alpha value is -2.56. The number of nitrogens with one attached hydrogen (secondary N) is 1. The summed E-state index contributed by atoms with van der Waals surface area (Å²) in [6, 6.07) is 8.67. The molecular weight excluding hydrogens is 350 g/mol. The number of carbonyl (C=O) groups is 1. The molecule has 28 heavy (non-hydrogen) atoms. The number of ether oxygens (including phenoxy) is 1. The van der Waals surface area contributed by atoms with E-state index in [0.29, 0.717) is 5.92 Å². The van der Waals surface area contributed by atoms with Gasteiger partial charge in [0.2, 0.25) is 0 Å². The highest BCUT2D eigenvalue weighted by atomic mass is 16.6. The second kappa shape index (κ2) is 8.21. The van der Waals surface area contributed by atoms with Gasteiger partial charge in [-0.05, 0) is 63.8 Å². The van der Waals surface area contributed by atoms with E-state index in [9.17, 15) is 4.79 Å². The van der Waals surface area contributed by atoms with Crippen molar-refractivity contribution < 1.29 is 9.53 Å². The molecule has 0 saturated carbocycles. The molecule has 5 nitrogen and oxygen atoms in total. The van der Waals surface area contributed by atoms with Gasteiger partial charge < -0.3 is 10.1 Å². The van der Waals surface area contributed by atoms with Crippen LogP contribution in [0.25, 0.3) is 5.69 Å². The zero-order valence-corrected chi connectivity index (χ0v) is 17.7. The zero-order chi connectivity index (χ0) is 20.4. The third kappa shape index (κ3) is 4.29. The number of aromatic nitrogens is 2. The first-order chi connectivity index (χ1) is 13.3. The molecule has 0 bridgehead atoms. The summed E-state index contributed by atoms with van der Waals surface area (Å²) < 4.78 is 7.53. The lowest BCUT2D eigenvalue weighted by Crippen LogP contribution is -2.33. The van der Waals surface area contributed by atoms with E-state index in [4.69, 9.17) is 9.84 Å². The highest BCUT2D eigenvalue weighted by molar-refractivity contribution is 5.68. The van der Waals surface area contributed by atoms with Gasteiger partial charge in [0.25, 0.3) is 0 Å². The van der Waals surface area contributed by atoms with E-state index in [1.165, 1.54) is 11.1 Å². The lowest BCUT2D eigenvalue weighted by atomic mass is 9.96. The third-order valence-corrected chi connectivity index (χ3v) is 5.23. The molecule has 1 heterocycles. The minimum atomic E-state index is -0.361. The first-order valence-electron chi connectivity index (χ1n) is 10.1. The highest BCUT2D eigenvalue weighted by Crippen LogP contribution is 2.35. The minimum Gasteiger partial charge on any atom is -0.442 e. The molecule has 1 N–H and O–H groups in total. The molecule has 1 aromatic heterocycles. The number of rotatable bonds is 5. The summed E-state index contributed by atoms with van der Waals surface area (Å²) >= 11 is 0. The molecule has 1 amide bonds. The summed E-state index contributed by atoms with van der Waals surface area (Å²) in [6.45, 7) is 12.4. The van der Waals surface area contributed by atoms with E-state index < -0.39 is 0 Å². The molecule has 1 aliphatic carbocycles. The van der Waals surface area contributed by atoms with Crippen LogP contribution >= 0.6 is 0 Å². The van der Waals surface area contributed by atoms with Crippen molar-refractivity contribution in [3.8, 4) is 5.69 Å². The SMILES string of the molecule is Cc1nn(-c2ccc(C(C)C)cc2)c(C)c1C1C=CC(OC(=O)NC(C)C)C1. The molecule has 1 aromatic carbocycles. The second-order valence-electron chi connectivity index (χ2n) is 8.21. The predicted molar refractivity (Wildman–Crippen MR) is 112 cm³/mol. The van der Waals surface area contributed by atoms with Gasteiger partial charge in [0.05, 0.1) is 11.4 Å². The maximum Gasteiger partial charge on any atom is 0.407 e. The van der Waals surface area contributed by atoms with Gasteiger partial charge in [-0.15, -0.1) is 0 Å². The van der Waals surface area contributed by atoms with Crippen molar-refractivity contribution >= 4 is 6.09 Å². The van der Waals surface area contributed by atoms with Gasteiger partial charge in [-0.25, -0.2) is 9.48 Å². The number of alkyl carbamates (subject to hydrolysis) is 1. The number of amides is 1. The Kier molecular flexibility index (Phi) is 5.92. The molecule has 2 atom stereocenters. The Morgan fingerprint density at radius 2 is 1.82 bits per heavy atom. The summed E-state index contributed by atoms with van der Waals surface area (Å²) in [5.74, 6) is 0.721. The fourth-order valence-electron chi connectivity index (χ4n) is 3.82. The summed E-state index contributed by atoms with van der Waals surface area (Å²) in [4.78, 5) is 11.9. The van der Waals surface area contributed by atoms with Crippen LogP contribution in [0.15, 0.2) is 36.4 Å². The van der Waals surface area contributed by atoms with Crippen molar-refractivity contribution in [1.82, 2.24) is 15.1 Å². The van der Waals surface area contributed by atoms with E-state index in [1.807, 2.05) is 24.6 Å². The number of aryl methyl sites for hydroxylation is 1. The lowest BCUT2D eigenvalue weighted by Gasteiger charge is -2.15. The first kappa shape index (κ1) is 20.2. The molecule has 0 aliphatic heterocycles.